The van der Waals surface area contributed by atoms with Gasteiger partial charge in [0.15, 0.2) is 0 Å². The van der Waals surface area contributed by atoms with E-state index >= 15 is 0 Å². The Hall–Kier alpha value is -5.24. The first kappa shape index (κ1) is 29.3. The van der Waals surface area contributed by atoms with Gasteiger partial charge in [0.1, 0.15) is 46.0 Å². The van der Waals surface area contributed by atoms with Crippen molar-refractivity contribution in [2.45, 2.75) is 0 Å². The van der Waals surface area contributed by atoms with Crippen LogP contribution >= 0.6 is 0 Å². The molecule has 0 heterocycles. The monoisotopic (exact) mass is 544 g/mol. The van der Waals surface area contributed by atoms with Crippen LogP contribution in [0.5, 0.6) is 46.0 Å². The molecule has 0 spiro atoms. The van der Waals surface area contributed by atoms with Crippen molar-refractivity contribution >= 4 is 24.3 Å². The molecule has 0 aliphatic carbocycles. The standard InChI is InChI=1S/C18H20O4.C14H12O4/c1-19-14-10-13(11-15(12-14)20-2)8-9-16-17(21-3)6-5-7-18(16)22-4;15-10-6-9(7-11(16)8-10)4-5-12-13(17)2-1-3-14(12)18/h5-12H,1-4H3;1-8,15-18H/b9-8+;5-4+. The Bertz CT molecular complexity index is 1410. The van der Waals surface area contributed by atoms with Crippen LogP contribution in [-0.2, 0) is 0 Å². The Morgan fingerprint density at radius 1 is 0.475 bits per heavy atom. The molecular formula is C32H32O8. The molecule has 0 atom stereocenters. The van der Waals surface area contributed by atoms with Gasteiger partial charge in [0.25, 0.3) is 0 Å². The van der Waals surface area contributed by atoms with Crippen LogP contribution in [0.3, 0.4) is 0 Å². The van der Waals surface area contributed by atoms with Crippen LogP contribution in [0.15, 0.2) is 72.8 Å². The first-order valence-electron chi connectivity index (χ1n) is 12.1. The molecule has 0 amide bonds. The Morgan fingerprint density at radius 3 is 1.40 bits per heavy atom. The number of hydrogen-bond donors (Lipinski definition) is 4. The number of methoxy groups -OCH3 is 4. The van der Waals surface area contributed by atoms with E-state index in [1.165, 1.54) is 42.5 Å². The lowest BCUT2D eigenvalue weighted by Gasteiger charge is -2.10. The lowest BCUT2D eigenvalue weighted by Crippen LogP contribution is -1.92. The molecule has 4 aromatic carbocycles. The van der Waals surface area contributed by atoms with Crippen molar-refractivity contribution in [1.29, 1.82) is 0 Å². The fourth-order valence-electron chi connectivity index (χ4n) is 3.76. The molecule has 8 nitrogen and oxygen atoms in total. The largest absolute Gasteiger partial charge is 0.508 e. The van der Waals surface area contributed by atoms with Gasteiger partial charge in [-0.15, -0.1) is 0 Å². The van der Waals surface area contributed by atoms with Gasteiger partial charge in [0, 0.05) is 12.1 Å². The Balaban J connectivity index is 0.000000225. The number of phenols is 4. The second kappa shape index (κ2) is 14.1. The van der Waals surface area contributed by atoms with Crippen molar-refractivity contribution < 1.29 is 39.4 Å². The molecule has 8 heteroatoms. The van der Waals surface area contributed by atoms with Crippen LogP contribution in [0.1, 0.15) is 22.3 Å². The summed E-state index contributed by atoms with van der Waals surface area (Å²) in [5.74, 6) is 2.78. The maximum absolute atomic E-state index is 9.57. The van der Waals surface area contributed by atoms with Gasteiger partial charge in [0.2, 0.25) is 0 Å². The molecule has 0 radical (unpaired) electrons. The summed E-state index contributed by atoms with van der Waals surface area (Å²) in [4.78, 5) is 0. The van der Waals surface area contributed by atoms with Gasteiger partial charge in [-0.25, -0.2) is 0 Å². The molecule has 0 unspecified atom stereocenters. The fraction of sp³-hybridized carbons (Fsp3) is 0.125. The summed E-state index contributed by atoms with van der Waals surface area (Å²) in [5, 5.41) is 37.8. The van der Waals surface area contributed by atoms with Crippen molar-refractivity contribution in [3.63, 3.8) is 0 Å². The number of benzene rings is 4. The minimum absolute atomic E-state index is 0.0457. The predicted octanol–water partition coefficient (Wildman–Crippen LogP) is 6.57. The van der Waals surface area contributed by atoms with E-state index in [4.69, 9.17) is 18.9 Å². The summed E-state index contributed by atoms with van der Waals surface area (Å²) in [6, 6.07) is 19.9. The highest BCUT2D eigenvalue weighted by Crippen LogP contribution is 2.32. The molecule has 4 rings (SSSR count). The molecule has 0 fully saturated rings. The molecule has 4 N–H and O–H groups in total. The van der Waals surface area contributed by atoms with Crippen LogP contribution in [0.2, 0.25) is 0 Å². The maximum Gasteiger partial charge on any atom is 0.129 e. The number of aromatic hydroxyl groups is 4. The first-order chi connectivity index (χ1) is 19.3. The van der Waals surface area contributed by atoms with Crippen LogP contribution in [0, 0.1) is 0 Å². The maximum atomic E-state index is 9.57. The van der Waals surface area contributed by atoms with Crippen LogP contribution in [0.25, 0.3) is 24.3 Å². The molecule has 0 aliphatic rings. The average molecular weight is 545 g/mol. The van der Waals surface area contributed by atoms with Gasteiger partial charge in [0.05, 0.1) is 39.6 Å². The number of rotatable bonds is 8. The summed E-state index contributed by atoms with van der Waals surface area (Å²) in [6.07, 6.45) is 6.98. The minimum Gasteiger partial charge on any atom is -0.508 e. The third-order valence-corrected chi connectivity index (χ3v) is 5.71. The third kappa shape index (κ3) is 7.88. The molecule has 0 aliphatic heterocycles. The fourth-order valence-corrected chi connectivity index (χ4v) is 3.76. The Morgan fingerprint density at radius 2 is 0.925 bits per heavy atom. The molecule has 4 aromatic rings. The first-order valence-corrected chi connectivity index (χ1v) is 12.1. The third-order valence-electron chi connectivity index (χ3n) is 5.71. The van der Waals surface area contributed by atoms with E-state index in [2.05, 4.69) is 0 Å². The van der Waals surface area contributed by atoms with Crippen LogP contribution in [0.4, 0.5) is 0 Å². The van der Waals surface area contributed by atoms with Gasteiger partial charge in [-0.1, -0.05) is 24.3 Å². The number of hydrogen-bond acceptors (Lipinski definition) is 8. The summed E-state index contributed by atoms with van der Waals surface area (Å²) >= 11 is 0. The van der Waals surface area contributed by atoms with E-state index < -0.39 is 0 Å². The van der Waals surface area contributed by atoms with Crippen LogP contribution < -0.4 is 18.9 Å². The normalized spacial score (nSPS) is 10.7. The highest BCUT2D eigenvalue weighted by atomic mass is 16.5. The van der Waals surface area contributed by atoms with Crippen LogP contribution in [-0.4, -0.2) is 48.9 Å². The zero-order valence-electron chi connectivity index (χ0n) is 22.7. The average Bonchev–Trinajstić information content (AvgIpc) is 2.95. The summed E-state index contributed by atoms with van der Waals surface area (Å²) in [7, 11) is 6.54. The van der Waals surface area contributed by atoms with Gasteiger partial charge in [-0.2, -0.15) is 0 Å². The molecule has 0 aromatic heterocycles. The molecular weight excluding hydrogens is 512 g/mol. The number of ether oxygens (including phenoxy) is 4. The van der Waals surface area contributed by atoms with Gasteiger partial charge in [-0.05, 0) is 71.8 Å². The predicted molar refractivity (Wildman–Crippen MR) is 156 cm³/mol. The number of phenolic OH excluding ortho intramolecular Hbond substituents is 4. The van der Waals surface area contributed by atoms with Crippen molar-refractivity contribution in [3.8, 4) is 46.0 Å². The molecule has 0 saturated carbocycles. The summed E-state index contributed by atoms with van der Waals surface area (Å²) in [5.41, 5.74) is 2.67. The molecule has 208 valence electrons. The van der Waals surface area contributed by atoms with Crippen molar-refractivity contribution in [2.24, 2.45) is 0 Å². The SMILES string of the molecule is COc1cc(/C=C/c2c(OC)cccc2OC)cc(OC)c1.Oc1cc(O)cc(/C=C/c2c(O)cccc2O)c1. The second-order valence-corrected chi connectivity index (χ2v) is 8.38. The highest BCUT2D eigenvalue weighted by molar-refractivity contribution is 5.77. The van der Waals surface area contributed by atoms with E-state index in [0.717, 1.165) is 34.1 Å². The van der Waals surface area contributed by atoms with Gasteiger partial charge < -0.3 is 39.4 Å². The summed E-state index contributed by atoms with van der Waals surface area (Å²) < 4.78 is 21.3. The van der Waals surface area contributed by atoms with E-state index in [1.54, 1.807) is 34.5 Å². The highest BCUT2D eigenvalue weighted by Gasteiger charge is 2.07. The van der Waals surface area contributed by atoms with Crippen molar-refractivity contribution in [3.05, 3.63) is 95.1 Å². The zero-order valence-corrected chi connectivity index (χ0v) is 22.7. The van der Waals surface area contributed by atoms with Crippen molar-refractivity contribution in [2.75, 3.05) is 28.4 Å². The van der Waals surface area contributed by atoms with E-state index in [-0.39, 0.29) is 28.6 Å². The second-order valence-electron chi connectivity index (χ2n) is 8.38. The molecule has 0 bridgehead atoms. The van der Waals surface area contributed by atoms with Gasteiger partial charge in [-0.3, -0.25) is 0 Å². The summed E-state index contributed by atoms with van der Waals surface area (Å²) in [6.45, 7) is 0. The Kier molecular flexibility index (Phi) is 10.3. The lowest BCUT2D eigenvalue weighted by atomic mass is 10.1. The smallest absolute Gasteiger partial charge is 0.129 e. The molecule has 0 saturated heterocycles. The van der Waals surface area contributed by atoms with E-state index in [0.29, 0.717) is 5.56 Å². The Labute approximate surface area is 233 Å². The molecule has 40 heavy (non-hydrogen) atoms. The zero-order chi connectivity index (χ0) is 29.1. The van der Waals surface area contributed by atoms with Crippen molar-refractivity contribution in [1.82, 2.24) is 0 Å². The minimum atomic E-state index is -0.0591. The quantitative estimate of drug-likeness (QED) is 0.184. The lowest BCUT2D eigenvalue weighted by molar-refractivity contribution is 0.392. The van der Waals surface area contributed by atoms with E-state index in [1.807, 2.05) is 48.6 Å². The van der Waals surface area contributed by atoms with Gasteiger partial charge >= 0.3 is 0 Å². The topological polar surface area (TPSA) is 118 Å². The van der Waals surface area contributed by atoms with E-state index in [9.17, 15) is 20.4 Å².